The van der Waals surface area contributed by atoms with Crippen LogP contribution in [-0.2, 0) is 11.3 Å². The minimum Gasteiger partial charge on any atom is -0.346 e. The van der Waals surface area contributed by atoms with Gasteiger partial charge in [-0.15, -0.1) is 11.3 Å². The van der Waals surface area contributed by atoms with Crippen LogP contribution in [0, 0.1) is 0 Å². The van der Waals surface area contributed by atoms with E-state index in [-0.39, 0.29) is 17.9 Å². The fourth-order valence-corrected chi connectivity index (χ4v) is 2.73. The zero-order valence-corrected chi connectivity index (χ0v) is 11.7. The van der Waals surface area contributed by atoms with Crippen molar-refractivity contribution >= 4 is 23.2 Å². The lowest BCUT2D eigenvalue weighted by Crippen LogP contribution is -2.42. The molecule has 1 atom stereocenters. The van der Waals surface area contributed by atoms with Crippen molar-refractivity contribution in [3.63, 3.8) is 0 Å². The average Bonchev–Trinajstić information content (AvgIpc) is 2.99. The number of carbonyl (C=O) groups excluding carboxylic acids is 2. The topological polar surface area (TPSA) is 88.3 Å². The normalized spacial score (nSPS) is 16.7. The van der Waals surface area contributed by atoms with Crippen LogP contribution in [0.1, 0.15) is 35.3 Å². The molecule has 0 aliphatic carbocycles. The van der Waals surface area contributed by atoms with Gasteiger partial charge in [-0.1, -0.05) is 0 Å². The minimum atomic E-state index is -0.213. The van der Waals surface area contributed by atoms with Gasteiger partial charge in [-0.05, 0) is 13.3 Å². The van der Waals surface area contributed by atoms with E-state index in [1.165, 1.54) is 11.3 Å². The maximum atomic E-state index is 11.9. The Hall–Kier alpha value is -1.47. The van der Waals surface area contributed by atoms with Gasteiger partial charge in [0.15, 0.2) is 0 Å². The molecule has 3 N–H and O–H groups in total. The second-order valence-electron chi connectivity index (χ2n) is 4.65. The molecule has 0 saturated carbocycles. The van der Waals surface area contributed by atoms with Crippen LogP contribution in [-0.4, -0.2) is 40.8 Å². The Morgan fingerprint density at radius 1 is 1.68 bits per heavy atom. The summed E-state index contributed by atoms with van der Waals surface area (Å²) >= 11 is 1.38. The summed E-state index contributed by atoms with van der Waals surface area (Å²) in [6, 6.07) is -0.0856. The van der Waals surface area contributed by atoms with Gasteiger partial charge in [-0.2, -0.15) is 0 Å². The number of rotatable bonds is 5. The first-order valence-corrected chi connectivity index (χ1v) is 7.21. The molecule has 104 valence electrons. The van der Waals surface area contributed by atoms with Crippen molar-refractivity contribution in [1.29, 1.82) is 0 Å². The van der Waals surface area contributed by atoms with E-state index in [1.54, 1.807) is 10.3 Å². The third kappa shape index (κ3) is 3.51. The van der Waals surface area contributed by atoms with Gasteiger partial charge in [0.1, 0.15) is 10.7 Å². The number of hydrogen-bond donors (Lipinski definition) is 2. The van der Waals surface area contributed by atoms with Crippen molar-refractivity contribution in [2.24, 2.45) is 5.73 Å². The predicted molar refractivity (Wildman–Crippen MR) is 72.7 cm³/mol. The van der Waals surface area contributed by atoms with E-state index in [1.807, 2.05) is 6.92 Å². The molecule has 0 spiro atoms. The fourth-order valence-electron chi connectivity index (χ4n) is 2.08. The quantitative estimate of drug-likeness (QED) is 0.815. The summed E-state index contributed by atoms with van der Waals surface area (Å²) < 4.78 is 0. The Kier molecular flexibility index (Phi) is 4.49. The van der Waals surface area contributed by atoms with Gasteiger partial charge < -0.3 is 16.0 Å². The zero-order valence-electron chi connectivity index (χ0n) is 10.9. The van der Waals surface area contributed by atoms with Gasteiger partial charge in [0.2, 0.25) is 5.91 Å². The van der Waals surface area contributed by atoms with Gasteiger partial charge in [-0.25, -0.2) is 4.98 Å². The van der Waals surface area contributed by atoms with Crippen LogP contribution in [0.25, 0.3) is 0 Å². The summed E-state index contributed by atoms with van der Waals surface area (Å²) in [6.45, 7) is 3.57. The van der Waals surface area contributed by atoms with Crippen molar-refractivity contribution < 1.29 is 9.59 Å². The smallest absolute Gasteiger partial charge is 0.271 e. The molecule has 0 radical (unpaired) electrons. The highest BCUT2D eigenvalue weighted by Crippen LogP contribution is 2.11. The maximum Gasteiger partial charge on any atom is 0.271 e. The molecule has 1 fully saturated rings. The lowest BCUT2D eigenvalue weighted by Gasteiger charge is -2.21. The summed E-state index contributed by atoms with van der Waals surface area (Å²) in [6.07, 6.45) is 1.53. The number of thiazole rings is 1. The van der Waals surface area contributed by atoms with E-state index in [4.69, 9.17) is 5.73 Å². The lowest BCUT2D eigenvalue weighted by atomic mass is 10.3. The highest BCUT2D eigenvalue weighted by Gasteiger charge is 2.22. The first-order valence-electron chi connectivity index (χ1n) is 6.33. The highest BCUT2D eigenvalue weighted by atomic mass is 32.1. The number of nitrogens with one attached hydrogen (secondary N) is 1. The van der Waals surface area contributed by atoms with Gasteiger partial charge in [0.25, 0.3) is 5.91 Å². The molecule has 1 aromatic rings. The van der Waals surface area contributed by atoms with Crippen molar-refractivity contribution in [2.75, 3.05) is 13.1 Å². The van der Waals surface area contributed by atoms with E-state index in [2.05, 4.69) is 10.3 Å². The van der Waals surface area contributed by atoms with Crippen LogP contribution in [0.3, 0.4) is 0 Å². The van der Waals surface area contributed by atoms with Crippen LogP contribution < -0.4 is 11.1 Å². The van der Waals surface area contributed by atoms with Crippen molar-refractivity contribution in [3.05, 3.63) is 16.1 Å². The third-order valence-electron chi connectivity index (χ3n) is 3.00. The molecular formula is C12H18N4O2S. The van der Waals surface area contributed by atoms with E-state index in [0.29, 0.717) is 25.2 Å². The molecule has 6 nitrogen and oxygen atoms in total. The van der Waals surface area contributed by atoms with Crippen LogP contribution in [0.15, 0.2) is 5.38 Å². The van der Waals surface area contributed by atoms with Crippen LogP contribution >= 0.6 is 11.3 Å². The largest absolute Gasteiger partial charge is 0.346 e. The summed E-state index contributed by atoms with van der Waals surface area (Å²) in [5, 5.41) is 5.29. The molecule has 0 bridgehead atoms. The third-order valence-corrected chi connectivity index (χ3v) is 3.87. The van der Waals surface area contributed by atoms with E-state index in [0.717, 1.165) is 18.0 Å². The minimum absolute atomic E-state index is 0.0856. The van der Waals surface area contributed by atoms with Crippen molar-refractivity contribution in [1.82, 2.24) is 15.2 Å². The summed E-state index contributed by atoms with van der Waals surface area (Å²) in [5.74, 6) is -0.0460. The van der Waals surface area contributed by atoms with Crippen LogP contribution in [0.5, 0.6) is 0 Å². The van der Waals surface area contributed by atoms with E-state index < -0.39 is 0 Å². The second-order valence-corrected chi connectivity index (χ2v) is 5.59. The van der Waals surface area contributed by atoms with Gasteiger partial charge in [-0.3, -0.25) is 9.59 Å². The first-order chi connectivity index (χ1) is 9.10. The number of carbonyl (C=O) groups is 2. The number of nitrogens with zero attached hydrogens (tertiary/aromatic N) is 2. The molecule has 7 heteroatoms. The van der Waals surface area contributed by atoms with E-state index >= 15 is 0 Å². The van der Waals surface area contributed by atoms with Crippen molar-refractivity contribution in [2.45, 2.75) is 32.4 Å². The molecule has 2 amide bonds. The number of likely N-dealkylation sites (tertiary alicyclic amines) is 1. The van der Waals surface area contributed by atoms with Gasteiger partial charge in [0, 0.05) is 37.5 Å². The molecule has 1 aromatic heterocycles. The molecule has 19 heavy (non-hydrogen) atoms. The highest BCUT2D eigenvalue weighted by molar-refractivity contribution is 7.09. The Morgan fingerprint density at radius 3 is 3.05 bits per heavy atom. The standard InChI is InChI=1S/C12H18N4O2S/c1-8(6-16-4-2-3-11(16)17)14-12(18)9-7-19-10(5-13)15-9/h7-8H,2-6,13H2,1H3,(H,14,18). The molecular weight excluding hydrogens is 264 g/mol. The van der Waals surface area contributed by atoms with Gasteiger partial charge in [0.05, 0.1) is 0 Å². The molecule has 0 aromatic carbocycles. The molecule has 1 aliphatic heterocycles. The molecule has 1 unspecified atom stereocenters. The Labute approximate surface area is 116 Å². The Morgan fingerprint density at radius 2 is 2.47 bits per heavy atom. The summed E-state index contributed by atoms with van der Waals surface area (Å²) in [4.78, 5) is 29.3. The predicted octanol–water partition coefficient (Wildman–Crippen LogP) is 0.342. The maximum absolute atomic E-state index is 11.9. The van der Waals surface area contributed by atoms with Crippen LogP contribution in [0.2, 0.25) is 0 Å². The average molecular weight is 282 g/mol. The summed E-state index contributed by atoms with van der Waals surface area (Å²) in [7, 11) is 0. The monoisotopic (exact) mass is 282 g/mol. The molecule has 2 heterocycles. The zero-order chi connectivity index (χ0) is 13.8. The molecule has 1 aliphatic rings. The molecule has 1 saturated heterocycles. The lowest BCUT2D eigenvalue weighted by molar-refractivity contribution is -0.127. The number of hydrogen-bond acceptors (Lipinski definition) is 5. The second kappa shape index (κ2) is 6.12. The number of amides is 2. The van der Waals surface area contributed by atoms with E-state index in [9.17, 15) is 9.59 Å². The number of nitrogens with two attached hydrogens (primary N) is 1. The van der Waals surface area contributed by atoms with Crippen molar-refractivity contribution in [3.8, 4) is 0 Å². The number of aromatic nitrogens is 1. The first kappa shape index (κ1) is 14.0. The van der Waals surface area contributed by atoms with Gasteiger partial charge >= 0.3 is 0 Å². The SMILES string of the molecule is CC(CN1CCCC1=O)NC(=O)c1csc(CN)n1. The molecule has 2 rings (SSSR count). The Balaban J connectivity index is 1.86. The fraction of sp³-hybridized carbons (Fsp3) is 0.583. The summed E-state index contributed by atoms with van der Waals surface area (Å²) in [5.41, 5.74) is 5.85. The van der Waals surface area contributed by atoms with Crippen LogP contribution in [0.4, 0.5) is 0 Å². The Bertz CT molecular complexity index is 474.